The molecule has 0 radical (unpaired) electrons. The van der Waals surface area contributed by atoms with Gasteiger partial charge >= 0.3 is 0 Å². The second-order valence-electron chi connectivity index (χ2n) is 8.68. The van der Waals surface area contributed by atoms with Gasteiger partial charge in [0.25, 0.3) is 0 Å². The van der Waals surface area contributed by atoms with Gasteiger partial charge in [0.2, 0.25) is 5.88 Å². The van der Waals surface area contributed by atoms with Gasteiger partial charge in [-0.15, -0.1) is 0 Å². The lowest BCUT2D eigenvalue weighted by Gasteiger charge is -2.27. The first-order valence-corrected chi connectivity index (χ1v) is 11.3. The summed E-state index contributed by atoms with van der Waals surface area (Å²) in [6, 6.07) is 1.98. The maximum Gasteiger partial charge on any atom is 0.250 e. The largest absolute Gasteiger partial charge is 0.479 e. The monoisotopic (exact) mass is 440 g/mol. The maximum atomic E-state index is 14.4. The highest BCUT2D eigenvalue weighted by atomic mass is 19.1. The number of halogens is 1. The van der Waals surface area contributed by atoms with E-state index in [4.69, 9.17) is 14.6 Å². The van der Waals surface area contributed by atoms with Gasteiger partial charge in [-0.3, -0.25) is 4.68 Å². The fourth-order valence-corrected chi connectivity index (χ4v) is 4.83. The minimum absolute atomic E-state index is 0.0175. The minimum Gasteiger partial charge on any atom is -0.479 e. The van der Waals surface area contributed by atoms with Crippen molar-refractivity contribution < 1.29 is 13.9 Å². The summed E-state index contributed by atoms with van der Waals surface area (Å²) in [5, 5.41) is 13.0. The van der Waals surface area contributed by atoms with E-state index < -0.39 is 5.82 Å². The molecule has 170 valence electrons. The highest BCUT2D eigenvalue weighted by molar-refractivity contribution is 5.65. The number of nitrogens with zero attached hydrogens (tertiary/aromatic N) is 5. The molecule has 3 aromatic heterocycles. The topological polar surface area (TPSA) is 79.0 Å². The van der Waals surface area contributed by atoms with E-state index in [1.807, 2.05) is 15.6 Å². The molecule has 2 aliphatic heterocycles. The van der Waals surface area contributed by atoms with Crippen molar-refractivity contribution in [2.45, 2.75) is 45.2 Å². The summed E-state index contributed by atoms with van der Waals surface area (Å²) in [5.41, 5.74) is 4.45. The van der Waals surface area contributed by atoms with Crippen LogP contribution in [0.1, 0.15) is 31.0 Å². The third kappa shape index (κ3) is 4.14. The van der Waals surface area contributed by atoms with Crippen LogP contribution in [-0.4, -0.2) is 57.5 Å². The number of aromatic nitrogens is 5. The van der Waals surface area contributed by atoms with E-state index in [2.05, 4.69) is 28.5 Å². The first-order chi connectivity index (χ1) is 15.6. The fourth-order valence-electron chi connectivity index (χ4n) is 4.83. The zero-order chi connectivity index (χ0) is 22.1. The number of rotatable bonds is 5. The normalized spacial score (nSPS) is 21.2. The lowest BCUT2D eigenvalue weighted by molar-refractivity contribution is 0.145. The molecule has 2 unspecified atom stereocenters. The number of hydrogen-bond donors (Lipinski definition) is 1. The van der Waals surface area contributed by atoms with Gasteiger partial charge in [-0.1, -0.05) is 0 Å². The van der Waals surface area contributed by atoms with Crippen LogP contribution in [0.2, 0.25) is 0 Å². The first kappa shape index (κ1) is 21.1. The van der Waals surface area contributed by atoms with Gasteiger partial charge < -0.3 is 14.8 Å². The minimum atomic E-state index is -0.498. The summed E-state index contributed by atoms with van der Waals surface area (Å²) in [4.78, 5) is 4.10. The Balaban J connectivity index is 1.48. The molecule has 5 heterocycles. The molecule has 0 saturated carbocycles. The highest BCUT2D eigenvalue weighted by Gasteiger charge is 2.24. The van der Waals surface area contributed by atoms with E-state index in [-0.39, 0.29) is 5.88 Å². The third-order valence-corrected chi connectivity index (χ3v) is 6.39. The Hall–Kier alpha value is -2.78. The van der Waals surface area contributed by atoms with Gasteiger partial charge in [-0.2, -0.15) is 10.2 Å². The van der Waals surface area contributed by atoms with Crippen molar-refractivity contribution in [3.63, 3.8) is 0 Å². The molecule has 1 saturated heterocycles. The zero-order valence-corrected chi connectivity index (χ0v) is 18.6. The Kier molecular flexibility index (Phi) is 5.93. The lowest BCUT2D eigenvalue weighted by Crippen LogP contribution is -2.37. The van der Waals surface area contributed by atoms with Crippen molar-refractivity contribution in [1.29, 1.82) is 0 Å². The quantitative estimate of drug-likeness (QED) is 0.657. The smallest absolute Gasteiger partial charge is 0.250 e. The van der Waals surface area contributed by atoms with E-state index in [9.17, 15) is 4.39 Å². The molecular formula is C23H29FN6O2. The molecule has 0 aliphatic carbocycles. The molecule has 2 atom stereocenters. The van der Waals surface area contributed by atoms with Gasteiger partial charge in [0.1, 0.15) is 5.69 Å². The highest BCUT2D eigenvalue weighted by Crippen LogP contribution is 2.31. The van der Waals surface area contributed by atoms with Crippen LogP contribution in [0, 0.1) is 11.7 Å². The SMILES string of the molecule is COc1ncc(-c2nn(-c3cnn(CC4CCNC(C)C4)c3)c3c2CCOCC3)cc1F. The molecule has 2 aliphatic rings. The van der Waals surface area contributed by atoms with Crippen LogP contribution in [0.4, 0.5) is 4.39 Å². The number of ether oxygens (including phenoxy) is 2. The standard InChI is InChI=1S/C23H29FN6O2/c1-15-9-16(3-6-25-15)13-29-14-18(12-27-29)30-21-5-8-32-7-4-19(21)22(28-30)17-10-20(24)23(31-2)26-11-17/h10-12,14-16,25H,3-9,13H2,1-2H3. The zero-order valence-electron chi connectivity index (χ0n) is 18.6. The molecular weight excluding hydrogens is 411 g/mol. The summed E-state index contributed by atoms with van der Waals surface area (Å²) in [6.07, 6.45) is 9.31. The molecule has 0 bridgehead atoms. The second-order valence-corrected chi connectivity index (χ2v) is 8.68. The predicted molar refractivity (Wildman–Crippen MR) is 118 cm³/mol. The Morgan fingerprint density at radius 3 is 2.97 bits per heavy atom. The molecule has 0 spiro atoms. The van der Waals surface area contributed by atoms with E-state index in [1.54, 1.807) is 6.20 Å². The lowest BCUT2D eigenvalue weighted by atomic mass is 9.93. The van der Waals surface area contributed by atoms with Gasteiger partial charge in [-0.05, 0) is 44.7 Å². The number of pyridine rings is 1. The van der Waals surface area contributed by atoms with Crippen LogP contribution in [0.25, 0.3) is 16.9 Å². The predicted octanol–water partition coefficient (Wildman–Crippen LogP) is 2.78. The molecule has 5 rings (SSSR count). The maximum absolute atomic E-state index is 14.4. The Bertz CT molecular complexity index is 1090. The molecule has 32 heavy (non-hydrogen) atoms. The van der Waals surface area contributed by atoms with Gasteiger partial charge in [-0.25, -0.2) is 14.1 Å². The Morgan fingerprint density at radius 2 is 2.16 bits per heavy atom. The van der Waals surface area contributed by atoms with Crippen LogP contribution in [0.15, 0.2) is 24.7 Å². The van der Waals surface area contributed by atoms with E-state index in [0.29, 0.717) is 30.7 Å². The van der Waals surface area contributed by atoms with E-state index in [0.717, 1.165) is 61.4 Å². The number of nitrogens with one attached hydrogen (secondary N) is 1. The van der Waals surface area contributed by atoms with Gasteiger partial charge in [0.05, 0.1) is 44.1 Å². The number of hydrogen-bond acceptors (Lipinski definition) is 6. The average molecular weight is 441 g/mol. The second kappa shape index (κ2) is 8.99. The molecule has 1 fully saturated rings. The number of piperidine rings is 1. The summed E-state index contributed by atoms with van der Waals surface area (Å²) >= 11 is 0. The number of methoxy groups -OCH3 is 1. The Morgan fingerprint density at radius 1 is 1.28 bits per heavy atom. The van der Waals surface area contributed by atoms with E-state index >= 15 is 0 Å². The molecule has 3 aromatic rings. The molecule has 0 amide bonds. The van der Waals surface area contributed by atoms with Crippen molar-refractivity contribution in [3.05, 3.63) is 41.7 Å². The Labute approximate surface area is 186 Å². The van der Waals surface area contributed by atoms with Crippen LogP contribution in [-0.2, 0) is 24.1 Å². The van der Waals surface area contributed by atoms with Crippen LogP contribution in [0.3, 0.4) is 0 Å². The van der Waals surface area contributed by atoms with E-state index in [1.165, 1.54) is 13.2 Å². The molecule has 8 nitrogen and oxygen atoms in total. The van der Waals surface area contributed by atoms with Gasteiger partial charge in [0, 0.05) is 36.3 Å². The van der Waals surface area contributed by atoms with Crippen molar-refractivity contribution in [2.24, 2.45) is 5.92 Å². The summed E-state index contributed by atoms with van der Waals surface area (Å²) in [7, 11) is 1.41. The van der Waals surface area contributed by atoms with Crippen molar-refractivity contribution in [2.75, 3.05) is 26.9 Å². The third-order valence-electron chi connectivity index (χ3n) is 6.39. The summed E-state index contributed by atoms with van der Waals surface area (Å²) < 4.78 is 29.0. The average Bonchev–Trinajstić information content (AvgIpc) is 3.30. The van der Waals surface area contributed by atoms with Crippen molar-refractivity contribution in [1.82, 2.24) is 29.9 Å². The molecule has 9 heteroatoms. The first-order valence-electron chi connectivity index (χ1n) is 11.3. The van der Waals surface area contributed by atoms with Gasteiger partial charge in [0.15, 0.2) is 5.82 Å². The fraction of sp³-hybridized carbons (Fsp3) is 0.522. The number of fused-ring (bicyclic) bond motifs is 1. The van der Waals surface area contributed by atoms with Crippen LogP contribution < -0.4 is 10.1 Å². The summed E-state index contributed by atoms with van der Waals surface area (Å²) in [5.74, 6) is 0.101. The molecule has 0 aromatic carbocycles. The van der Waals surface area contributed by atoms with Crippen LogP contribution in [0.5, 0.6) is 5.88 Å². The van der Waals surface area contributed by atoms with Crippen molar-refractivity contribution in [3.8, 4) is 22.8 Å². The summed E-state index contributed by atoms with van der Waals surface area (Å²) in [6.45, 7) is 5.45. The molecule has 1 N–H and O–H groups in total. The van der Waals surface area contributed by atoms with Crippen molar-refractivity contribution >= 4 is 0 Å². The van der Waals surface area contributed by atoms with Crippen LogP contribution >= 0.6 is 0 Å².